The fourth-order valence-electron chi connectivity index (χ4n) is 0.873. The summed E-state index contributed by atoms with van der Waals surface area (Å²) in [6, 6.07) is 1.81. The van der Waals surface area contributed by atoms with E-state index in [-0.39, 0.29) is 16.3 Å². The zero-order chi connectivity index (χ0) is 10.7. The average Bonchev–Trinajstić information content (AvgIpc) is 2.09. The van der Waals surface area contributed by atoms with Gasteiger partial charge < -0.3 is 5.84 Å². The van der Waals surface area contributed by atoms with E-state index in [0.717, 1.165) is 18.3 Å². The van der Waals surface area contributed by atoms with Crippen LogP contribution in [0.1, 0.15) is 5.56 Å². The molecule has 0 saturated heterocycles. The lowest BCUT2D eigenvalue weighted by Crippen LogP contribution is -1.96. The van der Waals surface area contributed by atoms with Crippen molar-refractivity contribution in [2.24, 2.45) is 10.9 Å². The number of nitro benzene ring substituents is 1. The number of rotatable bonds is 2. The van der Waals surface area contributed by atoms with Gasteiger partial charge in [-0.1, -0.05) is 11.6 Å². The number of halogens is 2. The number of benzene rings is 1. The van der Waals surface area contributed by atoms with Crippen molar-refractivity contribution in [3.63, 3.8) is 0 Å². The van der Waals surface area contributed by atoms with Crippen molar-refractivity contribution < 1.29 is 9.31 Å². The first-order chi connectivity index (χ1) is 6.56. The molecule has 0 amide bonds. The first-order valence-electron chi connectivity index (χ1n) is 3.43. The van der Waals surface area contributed by atoms with Crippen LogP contribution in [0.3, 0.4) is 0 Å². The molecule has 0 spiro atoms. The van der Waals surface area contributed by atoms with E-state index in [9.17, 15) is 14.5 Å². The SMILES string of the molecule is NN=Cc1cc([N+](=O)[O-])c(Cl)cc1F. The summed E-state index contributed by atoms with van der Waals surface area (Å²) in [6.45, 7) is 0. The van der Waals surface area contributed by atoms with Gasteiger partial charge in [-0.2, -0.15) is 5.10 Å². The van der Waals surface area contributed by atoms with Gasteiger partial charge in [-0.05, 0) is 0 Å². The van der Waals surface area contributed by atoms with Gasteiger partial charge >= 0.3 is 0 Å². The molecule has 14 heavy (non-hydrogen) atoms. The third-order valence-corrected chi connectivity index (χ3v) is 1.78. The van der Waals surface area contributed by atoms with Crippen molar-refractivity contribution in [2.45, 2.75) is 0 Å². The van der Waals surface area contributed by atoms with Crippen molar-refractivity contribution in [2.75, 3.05) is 0 Å². The number of nitrogens with zero attached hydrogens (tertiary/aromatic N) is 2. The topological polar surface area (TPSA) is 81.5 Å². The minimum absolute atomic E-state index is 0.0800. The lowest BCUT2D eigenvalue weighted by Gasteiger charge is -1.98. The van der Waals surface area contributed by atoms with E-state index in [1.165, 1.54) is 0 Å². The van der Waals surface area contributed by atoms with Crippen molar-refractivity contribution >= 4 is 23.5 Å². The Morgan fingerprint density at radius 2 is 2.29 bits per heavy atom. The standard InChI is InChI=1S/C7H5ClFN3O2/c8-5-2-6(9)4(3-11-10)1-7(5)12(13)14/h1-3H,10H2. The fourth-order valence-corrected chi connectivity index (χ4v) is 1.09. The van der Waals surface area contributed by atoms with Gasteiger partial charge in [-0.25, -0.2) is 4.39 Å². The Kier molecular flexibility index (Phi) is 2.98. The highest BCUT2D eigenvalue weighted by atomic mass is 35.5. The Balaban J connectivity index is 3.34. The van der Waals surface area contributed by atoms with E-state index < -0.39 is 10.7 Å². The average molecular weight is 218 g/mol. The Morgan fingerprint density at radius 1 is 1.64 bits per heavy atom. The first kappa shape index (κ1) is 10.4. The van der Waals surface area contributed by atoms with Crippen LogP contribution in [0, 0.1) is 15.9 Å². The smallest absolute Gasteiger partial charge is 0.288 e. The summed E-state index contributed by atoms with van der Waals surface area (Å²) in [4.78, 5) is 9.70. The fraction of sp³-hybridized carbons (Fsp3) is 0. The molecule has 0 aromatic heterocycles. The maximum absolute atomic E-state index is 13.0. The van der Waals surface area contributed by atoms with Crippen LogP contribution in [-0.2, 0) is 0 Å². The number of hydrogen-bond donors (Lipinski definition) is 1. The van der Waals surface area contributed by atoms with Crippen LogP contribution in [0.4, 0.5) is 10.1 Å². The molecular weight excluding hydrogens is 213 g/mol. The number of nitrogens with two attached hydrogens (primary N) is 1. The van der Waals surface area contributed by atoms with Gasteiger partial charge in [-0.3, -0.25) is 10.1 Å². The molecule has 0 aliphatic carbocycles. The number of nitro groups is 1. The lowest BCUT2D eigenvalue weighted by molar-refractivity contribution is -0.384. The van der Waals surface area contributed by atoms with Crippen LogP contribution >= 0.6 is 11.6 Å². The summed E-state index contributed by atoms with van der Waals surface area (Å²) in [7, 11) is 0. The van der Waals surface area contributed by atoms with Gasteiger partial charge in [-0.15, -0.1) is 0 Å². The summed E-state index contributed by atoms with van der Waals surface area (Å²) < 4.78 is 13.0. The van der Waals surface area contributed by atoms with E-state index >= 15 is 0 Å². The molecule has 0 atom stereocenters. The Labute approximate surface area is 83.1 Å². The second kappa shape index (κ2) is 4.01. The molecular formula is C7H5ClFN3O2. The molecule has 0 radical (unpaired) electrons. The summed E-state index contributed by atoms with van der Waals surface area (Å²) in [5.41, 5.74) is -0.466. The number of hydrazone groups is 1. The monoisotopic (exact) mass is 217 g/mol. The highest BCUT2D eigenvalue weighted by Crippen LogP contribution is 2.26. The third-order valence-electron chi connectivity index (χ3n) is 1.48. The lowest BCUT2D eigenvalue weighted by atomic mass is 10.2. The Morgan fingerprint density at radius 3 is 2.79 bits per heavy atom. The van der Waals surface area contributed by atoms with Crippen molar-refractivity contribution in [1.29, 1.82) is 0 Å². The molecule has 1 rings (SSSR count). The second-order valence-corrected chi connectivity index (χ2v) is 2.77. The Hall–Kier alpha value is -1.69. The van der Waals surface area contributed by atoms with Gasteiger partial charge in [0.05, 0.1) is 11.1 Å². The van der Waals surface area contributed by atoms with Crippen molar-refractivity contribution in [3.05, 3.63) is 38.7 Å². The zero-order valence-corrected chi connectivity index (χ0v) is 7.53. The number of hydrogen-bond acceptors (Lipinski definition) is 4. The molecule has 2 N–H and O–H groups in total. The normalized spacial score (nSPS) is 10.7. The maximum Gasteiger partial charge on any atom is 0.288 e. The van der Waals surface area contributed by atoms with Crippen LogP contribution in [0.2, 0.25) is 5.02 Å². The van der Waals surface area contributed by atoms with Crippen molar-refractivity contribution in [3.8, 4) is 0 Å². The molecule has 0 saturated carbocycles. The van der Waals surface area contributed by atoms with Crippen LogP contribution in [0.15, 0.2) is 17.2 Å². The Bertz CT molecular complexity index is 408. The largest absolute Gasteiger partial charge is 0.323 e. The van der Waals surface area contributed by atoms with Crippen LogP contribution in [-0.4, -0.2) is 11.1 Å². The summed E-state index contributed by atoms with van der Waals surface area (Å²) >= 11 is 5.44. The van der Waals surface area contributed by atoms with Crippen LogP contribution < -0.4 is 5.84 Å². The van der Waals surface area contributed by atoms with Gasteiger partial charge in [0.2, 0.25) is 0 Å². The molecule has 74 valence electrons. The molecule has 1 aromatic rings. The van der Waals surface area contributed by atoms with E-state index in [0.29, 0.717) is 0 Å². The maximum atomic E-state index is 13.0. The van der Waals surface area contributed by atoms with Crippen molar-refractivity contribution in [1.82, 2.24) is 0 Å². The molecule has 0 aliphatic rings. The van der Waals surface area contributed by atoms with Crippen LogP contribution in [0.25, 0.3) is 0 Å². The van der Waals surface area contributed by atoms with Gasteiger partial charge in [0.1, 0.15) is 10.8 Å². The van der Waals surface area contributed by atoms with E-state index in [2.05, 4.69) is 5.10 Å². The molecule has 0 aliphatic heterocycles. The van der Waals surface area contributed by atoms with E-state index in [4.69, 9.17) is 17.4 Å². The molecule has 0 unspecified atom stereocenters. The second-order valence-electron chi connectivity index (χ2n) is 2.36. The summed E-state index contributed by atoms with van der Waals surface area (Å²) in [5.74, 6) is 4.08. The van der Waals surface area contributed by atoms with Gasteiger partial charge in [0.15, 0.2) is 0 Å². The highest BCUT2D eigenvalue weighted by molar-refractivity contribution is 6.32. The highest BCUT2D eigenvalue weighted by Gasteiger charge is 2.15. The van der Waals surface area contributed by atoms with Crippen LogP contribution in [0.5, 0.6) is 0 Å². The molecule has 0 heterocycles. The minimum Gasteiger partial charge on any atom is -0.323 e. The molecule has 1 aromatic carbocycles. The molecule has 5 nitrogen and oxygen atoms in total. The summed E-state index contributed by atoms with van der Waals surface area (Å²) in [6.07, 6.45) is 0.971. The molecule has 0 fully saturated rings. The zero-order valence-electron chi connectivity index (χ0n) is 6.78. The molecule has 0 bridgehead atoms. The van der Waals surface area contributed by atoms with Gasteiger partial charge in [0.25, 0.3) is 5.69 Å². The first-order valence-corrected chi connectivity index (χ1v) is 3.80. The quantitative estimate of drug-likeness (QED) is 0.354. The minimum atomic E-state index is -0.713. The van der Waals surface area contributed by atoms with E-state index in [1.807, 2.05) is 0 Å². The van der Waals surface area contributed by atoms with E-state index in [1.54, 1.807) is 0 Å². The predicted molar refractivity (Wildman–Crippen MR) is 49.8 cm³/mol. The predicted octanol–water partition coefficient (Wildman–Crippen LogP) is 1.68. The van der Waals surface area contributed by atoms with Gasteiger partial charge in [0, 0.05) is 17.7 Å². The molecule has 7 heteroatoms. The summed E-state index contributed by atoms with van der Waals surface area (Å²) in [5, 5.41) is 13.2. The third kappa shape index (κ3) is 1.97.